The van der Waals surface area contributed by atoms with Crippen molar-refractivity contribution in [3.05, 3.63) is 65.1 Å². The number of nitrogens with one attached hydrogen (secondary N) is 1. The SMILES string of the molecule is CCCn1nccc1CNC(=O)c1cc(-c2ccc(C)cc2)nc2c1c(C)nn2C. The molecule has 7 heteroatoms. The van der Waals surface area contributed by atoms with Crippen LogP contribution in [-0.4, -0.2) is 30.5 Å². The second-order valence-electron chi connectivity index (χ2n) is 7.56. The van der Waals surface area contributed by atoms with Crippen LogP contribution in [0, 0.1) is 13.8 Å². The molecule has 1 amide bonds. The molecule has 154 valence electrons. The number of hydrogen-bond donors (Lipinski definition) is 1. The van der Waals surface area contributed by atoms with Crippen molar-refractivity contribution in [2.24, 2.45) is 7.05 Å². The summed E-state index contributed by atoms with van der Waals surface area (Å²) in [6.07, 6.45) is 2.75. The van der Waals surface area contributed by atoms with Gasteiger partial charge >= 0.3 is 0 Å². The average Bonchev–Trinajstić information content (AvgIpc) is 3.30. The van der Waals surface area contributed by atoms with Gasteiger partial charge in [-0.15, -0.1) is 0 Å². The molecule has 0 aliphatic heterocycles. The molecule has 0 atom stereocenters. The highest BCUT2D eigenvalue weighted by atomic mass is 16.1. The summed E-state index contributed by atoms with van der Waals surface area (Å²) in [6.45, 7) is 7.31. The van der Waals surface area contributed by atoms with E-state index in [1.54, 1.807) is 10.9 Å². The highest BCUT2D eigenvalue weighted by Gasteiger charge is 2.19. The standard InChI is InChI=1S/C23H26N6O/c1-5-12-29-18(10-11-25-29)14-24-23(30)19-13-20(17-8-6-15(2)7-9-17)26-22-21(19)16(3)27-28(22)4/h6-11,13H,5,12,14H2,1-4H3,(H,24,30). The highest BCUT2D eigenvalue weighted by Crippen LogP contribution is 2.27. The molecule has 1 aromatic carbocycles. The summed E-state index contributed by atoms with van der Waals surface area (Å²) in [5.74, 6) is -0.142. The van der Waals surface area contributed by atoms with Gasteiger partial charge in [0.25, 0.3) is 5.91 Å². The molecule has 3 aromatic heterocycles. The van der Waals surface area contributed by atoms with Gasteiger partial charge in [0.1, 0.15) is 0 Å². The van der Waals surface area contributed by atoms with E-state index in [2.05, 4.69) is 22.4 Å². The van der Waals surface area contributed by atoms with Crippen molar-refractivity contribution in [1.29, 1.82) is 0 Å². The topological polar surface area (TPSA) is 77.6 Å². The Morgan fingerprint density at radius 2 is 1.90 bits per heavy atom. The summed E-state index contributed by atoms with van der Waals surface area (Å²) in [7, 11) is 1.85. The lowest BCUT2D eigenvalue weighted by Crippen LogP contribution is -2.25. The van der Waals surface area contributed by atoms with Crippen LogP contribution < -0.4 is 5.32 Å². The minimum absolute atomic E-state index is 0.142. The van der Waals surface area contributed by atoms with Crippen molar-refractivity contribution in [3.8, 4) is 11.3 Å². The number of fused-ring (bicyclic) bond motifs is 1. The second-order valence-corrected chi connectivity index (χ2v) is 7.56. The maximum atomic E-state index is 13.2. The summed E-state index contributed by atoms with van der Waals surface area (Å²) in [5, 5.41) is 12.7. The minimum atomic E-state index is -0.142. The van der Waals surface area contributed by atoms with Gasteiger partial charge in [0.2, 0.25) is 0 Å². The molecule has 0 bridgehead atoms. The van der Waals surface area contributed by atoms with Crippen molar-refractivity contribution in [3.63, 3.8) is 0 Å². The molecule has 0 fully saturated rings. The molecule has 7 nitrogen and oxygen atoms in total. The molecule has 4 rings (SSSR count). The molecule has 0 saturated heterocycles. The van der Waals surface area contributed by atoms with E-state index in [1.807, 2.05) is 62.0 Å². The Morgan fingerprint density at radius 3 is 2.63 bits per heavy atom. The first-order chi connectivity index (χ1) is 14.5. The Morgan fingerprint density at radius 1 is 1.13 bits per heavy atom. The quantitative estimate of drug-likeness (QED) is 0.532. The average molecular weight is 403 g/mol. The van der Waals surface area contributed by atoms with E-state index in [1.165, 1.54) is 5.56 Å². The van der Waals surface area contributed by atoms with Gasteiger partial charge < -0.3 is 5.32 Å². The van der Waals surface area contributed by atoms with E-state index in [9.17, 15) is 4.79 Å². The molecule has 0 aliphatic rings. The lowest BCUT2D eigenvalue weighted by molar-refractivity contribution is 0.0951. The third-order valence-electron chi connectivity index (χ3n) is 5.23. The number of pyridine rings is 1. The van der Waals surface area contributed by atoms with Gasteiger partial charge in [0.05, 0.1) is 34.6 Å². The number of amides is 1. The van der Waals surface area contributed by atoms with Crippen LogP contribution in [0.5, 0.6) is 0 Å². The number of carbonyl (C=O) groups excluding carboxylic acids is 1. The number of nitrogens with zero attached hydrogens (tertiary/aromatic N) is 5. The summed E-state index contributed by atoms with van der Waals surface area (Å²) >= 11 is 0. The predicted molar refractivity (Wildman–Crippen MR) is 117 cm³/mol. The first-order valence-corrected chi connectivity index (χ1v) is 10.2. The van der Waals surface area contributed by atoms with Crippen LogP contribution in [0.3, 0.4) is 0 Å². The van der Waals surface area contributed by atoms with E-state index in [-0.39, 0.29) is 5.91 Å². The van der Waals surface area contributed by atoms with E-state index in [4.69, 9.17) is 4.98 Å². The predicted octanol–water partition coefficient (Wildman–Crippen LogP) is 3.79. The first-order valence-electron chi connectivity index (χ1n) is 10.2. The second kappa shape index (κ2) is 8.10. The smallest absolute Gasteiger partial charge is 0.252 e. The largest absolute Gasteiger partial charge is 0.346 e. The number of hydrogen-bond acceptors (Lipinski definition) is 4. The normalized spacial score (nSPS) is 11.2. The summed E-state index contributed by atoms with van der Waals surface area (Å²) < 4.78 is 3.66. The maximum Gasteiger partial charge on any atom is 0.252 e. The van der Waals surface area contributed by atoms with Gasteiger partial charge in [-0.1, -0.05) is 36.8 Å². The zero-order chi connectivity index (χ0) is 21.3. The van der Waals surface area contributed by atoms with Crippen molar-refractivity contribution >= 4 is 16.9 Å². The summed E-state index contributed by atoms with van der Waals surface area (Å²) in [4.78, 5) is 18.0. The Bertz CT molecular complexity index is 1200. The summed E-state index contributed by atoms with van der Waals surface area (Å²) in [6, 6.07) is 11.9. The number of benzene rings is 1. The van der Waals surface area contributed by atoms with Gasteiger partial charge in [-0.3, -0.25) is 14.2 Å². The van der Waals surface area contributed by atoms with Crippen LogP contribution in [0.25, 0.3) is 22.3 Å². The third-order valence-corrected chi connectivity index (χ3v) is 5.23. The van der Waals surface area contributed by atoms with Crippen LogP contribution in [0.1, 0.15) is 40.7 Å². The molecule has 3 heterocycles. The number of carbonyl (C=O) groups is 1. The fourth-order valence-electron chi connectivity index (χ4n) is 3.69. The van der Waals surface area contributed by atoms with Gasteiger partial charge in [-0.05, 0) is 32.4 Å². The number of aromatic nitrogens is 5. The monoisotopic (exact) mass is 402 g/mol. The van der Waals surface area contributed by atoms with E-state index >= 15 is 0 Å². The lowest BCUT2D eigenvalue weighted by Gasteiger charge is -2.11. The number of aryl methyl sites for hydroxylation is 4. The van der Waals surface area contributed by atoms with Gasteiger partial charge in [-0.2, -0.15) is 10.2 Å². The van der Waals surface area contributed by atoms with E-state index < -0.39 is 0 Å². The Kier molecular flexibility index (Phi) is 5.35. The lowest BCUT2D eigenvalue weighted by atomic mass is 10.0. The van der Waals surface area contributed by atoms with Crippen LogP contribution in [0.2, 0.25) is 0 Å². The van der Waals surface area contributed by atoms with Crippen LogP contribution >= 0.6 is 0 Å². The summed E-state index contributed by atoms with van der Waals surface area (Å²) in [5.41, 5.74) is 5.96. The van der Waals surface area contributed by atoms with Crippen LogP contribution in [0.15, 0.2) is 42.6 Å². The first kappa shape index (κ1) is 19.8. The minimum Gasteiger partial charge on any atom is -0.346 e. The molecular formula is C23H26N6O. The molecule has 0 radical (unpaired) electrons. The molecule has 4 aromatic rings. The zero-order valence-corrected chi connectivity index (χ0v) is 17.8. The van der Waals surface area contributed by atoms with Gasteiger partial charge in [0.15, 0.2) is 5.65 Å². The van der Waals surface area contributed by atoms with E-state index in [0.717, 1.165) is 41.0 Å². The fourth-order valence-corrected chi connectivity index (χ4v) is 3.69. The maximum absolute atomic E-state index is 13.2. The zero-order valence-electron chi connectivity index (χ0n) is 17.8. The molecule has 0 aliphatic carbocycles. The van der Waals surface area contributed by atoms with E-state index in [0.29, 0.717) is 17.8 Å². The molecule has 30 heavy (non-hydrogen) atoms. The molecule has 1 N–H and O–H groups in total. The van der Waals surface area contributed by atoms with Crippen molar-refractivity contribution in [2.75, 3.05) is 0 Å². The van der Waals surface area contributed by atoms with Crippen LogP contribution in [-0.2, 0) is 20.1 Å². The Labute approximate surface area is 175 Å². The van der Waals surface area contributed by atoms with Crippen molar-refractivity contribution in [1.82, 2.24) is 29.9 Å². The van der Waals surface area contributed by atoms with Gasteiger partial charge in [-0.25, -0.2) is 4.98 Å². The Balaban J connectivity index is 1.72. The Hall–Kier alpha value is -3.48. The third kappa shape index (κ3) is 3.70. The van der Waals surface area contributed by atoms with Gasteiger partial charge in [0, 0.05) is 25.4 Å². The van der Waals surface area contributed by atoms with Crippen molar-refractivity contribution < 1.29 is 4.79 Å². The molecule has 0 saturated carbocycles. The number of rotatable bonds is 6. The fraction of sp³-hybridized carbons (Fsp3) is 0.304. The van der Waals surface area contributed by atoms with Crippen LogP contribution in [0.4, 0.5) is 0 Å². The van der Waals surface area contributed by atoms with Crippen molar-refractivity contribution in [2.45, 2.75) is 40.3 Å². The molecule has 0 spiro atoms. The molecular weight excluding hydrogens is 376 g/mol. The molecule has 0 unspecified atom stereocenters. The highest BCUT2D eigenvalue weighted by molar-refractivity contribution is 6.07.